The first-order valence-corrected chi connectivity index (χ1v) is 8.79. The molecular weight excluding hydrogens is 282 g/mol. The van der Waals surface area contributed by atoms with E-state index in [9.17, 15) is 4.79 Å². The molecule has 1 aromatic rings. The van der Waals surface area contributed by atoms with Crippen LogP contribution in [0.5, 0.6) is 0 Å². The van der Waals surface area contributed by atoms with Crippen molar-refractivity contribution in [3.8, 4) is 0 Å². The summed E-state index contributed by atoms with van der Waals surface area (Å²) in [5, 5.41) is 5.26. The van der Waals surface area contributed by atoms with Crippen LogP contribution in [0.4, 0.5) is 0 Å². The zero-order chi connectivity index (χ0) is 15.3. The fraction of sp³-hybridized carbons (Fsp3) is 0.688. The molecule has 0 aliphatic carbocycles. The summed E-state index contributed by atoms with van der Waals surface area (Å²) in [7, 11) is 0. The molecule has 0 spiro atoms. The van der Waals surface area contributed by atoms with E-state index < -0.39 is 0 Å². The maximum absolute atomic E-state index is 12.3. The molecule has 0 unspecified atom stereocenters. The molecule has 0 saturated carbocycles. The Balaban J connectivity index is 1.78. The fourth-order valence-electron chi connectivity index (χ4n) is 2.97. The van der Waals surface area contributed by atoms with E-state index in [2.05, 4.69) is 21.7 Å². The monoisotopic (exact) mass is 309 g/mol. The molecule has 4 nitrogen and oxygen atoms in total. The third-order valence-electron chi connectivity index (χ3n) is 4.83. The van der Waals surface area contributed by atoms with Gasteiger partial charge in [0.1, 0.15) is 0 Å². The molecule has 0 aromatic carbocycles. The van der Waals surface area contributed by atoms with E-state index in [1.165, 1.54) is 10.4 Å². The molecule has 1 aromatic heterocycles. The summed E-state index contributed by atoms with van der Waals surface area (Å²) >= 11 is 1.86. The first kappa shape index (κ1) is 16.5. The minimum atomic E-state index is -0.386. The van der Waals surface area contributed by atoms with Crippen molar-refractivity contribution in [2.45, 2.75) is 39.7 Å². The van der Waals surface area contributed by atoms with Gasteiger partial charge in [0.15, 0.2) is 0 Å². The molecule has 1 amide bonds. The second-order valence-electron chi connectivity index (χ2n) is 5.84. The molecule has 21 heavy (non-hydrogen) atoms. The number of carbonyl (C=O) groups excluding carboxylic acids is 1. The molecule has 2 heterocycles. The number of thiophene rings is 1. The number of amides is 1. The molecule has 118 valence electrons. The van der Waals surface area contributed by atoms with Crippen LogP contribution in [0.25, 0.3) is 0 Å². The Hall–Kier alpha value is -0.910. The van der Waals surface area contributed by atoms with E-state index in [4.69, 9.17) is 5.73 Å². The highest BCUT2D eigenvalue weighted by Crippen LogP contribution is 2.25. The standard InChI is InChI=1S/C16H27N3OS/c1-3-16(4-2,12-17)15(20)18-7-9-19-8-5-14-13(11-19)6-10-21-14/h6,10H,3-5,7-9,11-12,17H2,1-2H3,(H,18,20). The molecule has 0 bridgehead atoms. The van der Waals surface area contributed by atoms with Gasteiger partial charge in [0.25, 0.3) is 0 Å². The summed E-state index contributed by atoms with van der Waals surface area (Å²) < 4.78 is 0. The Morgan fingerprint density at radius 2 is 2.24 bits per heavy atom. The van der Waals surface area contributed by atoms with Crippen LogP contribution in [0.3, 0.4) is 0 Å². The van der Waals surface area contributed by atoms with Crippen LogP contribution in [0, 0.1) is 5.41 Å². The van der Waals surface area contributed by atoms with Crippen molar-refractivity contribution >= 4 is 17.2 Å². The summed E-state index contributed by atoms with van der Waals surface area (Å²) in [5.74, 6) is 0.114. The summed E-state index contributed by atoms with van der Waals surface area (Å²) in [6.07, 6.45) is 2.74. The van der Waals surface area contributed by atoms with Gasteiger partial charge in [-0.25, -0.2) is 0 Å². The highest BCUT2D eigenvalue weighted by molar-refractivity contribution is 7.10. The number of fused-ring (bicyclic) bond motifs is 1. The van der Waals surface area contributed by atoms with Gasteiger partial charge in [0, 0.05) is 37.6 Å². The van der Waals surface area contributed by atoms with Crippen molar-refractivity contribution in [2.24, 2.45) is 11.1 Å². The van der Waals surface area contributed by atoms with Gasteiger partial charge in [-0.05, 0) is 36.3 Å². The first-order valence-electron chi connectivity index (χ1n) is 7.91. The van der Waals surface area contributed by atoms with Crippen LogP contribution in [-0.2, 0) is 17.8 Å². The Morgan fingerprint density at radius 1 is 1.48 bits per heavy atom. The van der Waals surface area contributed by atoms with Gasteiger partial charge in [0.2, 0.25) is 5.91 Å². The smallest absolute Gasteiger partial charge is 0.227 e. The first-order chi connectivity index (χ1) is 10.1. The van der Waals surface area contributed by atoms with Gasteiger partial charge < -0.3 is 11.1 Å². The Morgan fingerprint density at radius 3 is 2.90 bits per heavy atom. The Labute approximate surface area is 131 Å². The van der Waals surface area contributed by atoms with Gasteiger partial charge in [-0.1, -0.05) is 13.8 Å². The number of carbonyl (C=O) groups is 1. The van der Waals surface area contributed by atoms with Crippen LogP contribution in [0.2, 0.25) is 0 Å². The number of nitrogens with zero attached hydrogens (tertiary/aromatic N) is 1. The highest BCUT2D eigenvalue weighted by Gasteiger charge is 2.33. The lowest BCUT2D eigenvalue weighted by atomic mass is 9.81. The van der Waals surface area contributed by atoms with Crippen LogP contribution in [0.15, 0.2) is 11.4 Å². The van der Waals surface area contributed by atoms with E-state index >= 15 is 0 Å². The molecule has 2 rings (SSSR count). The lowest BCUT2D eigenvalue weighted by Crippen LogP contribution is -2.47. The second-order valence-corrected chi connectivity index (χ2v) is 6.84. The largest absolute Gasteiger partial charge is 0.354 e. The van der Waals surface area contributed by atoms with Crippen LogP contribution in [-0.4, -0.2) is 37.0 Å². The average molecular weight is 309 g/mol. The van der Waals surface area contributed by atoms with E-state index in [1.54, 1.807) is 0 Å². The summed E-state index contributed by atoms with van der Waals surface area (Å²) in [6, 6.07) is 2.22. The molecule has 0 radical (unpaired) electrons. The van der Waals surface area contributed by atoms with Gasteiger partial charge in [-0.2, -0.15) is 0 Å². The van der Waals surface area contributed by atoms with Crippen LogP contribution >= 0.6 is 11.3 Å². The Kier molecular flexibility index (Phi) is 5.79. The van der Waals surface area contributed by atoms with Crippen molar-refractivity contribution in [3.05, 3.63) is 21.9 Å². The van der Waals surface area contributed by atoms with E-state index in [0.29, 0.717) is 13.1 Å². The van der Waals surface area contributed by atoms with Crippen molar-refractivity contribution in [1.82, 2.24) is 10.2 Å². The lowest BCUT2D eigenvalue weighted by molar-refractivity contribution is -0.131. The number of hydrogen-bond donors (Lipinski definition) is 2. The minimum absolute atomic E-state index is 0.114. The normalized spacial score (nSPS) is 15.8. The second kappa shape index (κ2) is 7.38. The fourth-order valence-corrected chi connectivity index (χ4v) is 3.85. The van der Waals surface area contributed by atoms with Crippen molar-refractivity contribution in [1.29, 1.82) is 0 Å². The van der Waals surface area contributed by atoms with Crippen molar-refractivity contribution < 1.29 is 4.79 Å². The van der Waals surface area contributed by atoms with Gasteiger partial charge in [-0.3, -0.25) is 9.69 Å². The number of hydrogen-bond acceptors (Lipinski definition) is 4. The van der Waals surface area contributed by atoms with E-state index in [1.807, 2.05) is 25.2 Å². The number of nitrogens with one attached hydrogen (secondary N) is 1. The number of nitrogens with two attached hydrogens (primary N) is 1. The van der Waals surface area contributed by atoms with Crippen LogP contribution in [0.1, 0.15) is 37.1 Å². The van der Waals surface area contributed by atoms with E-state index in [0.717, 1.165) is 38.9 Å². The molecule has 0 fully saturated rings. The van der Waals surface area contributed by atoms with Gasteiger partial charge in [0.05, 0.1) is 5.41 Å². The SMILES string of the molecule is CCC(CC)(CN)C(=O)NCCN1CCc2sccc2C1. The summed E-state index contributed by atoms with van der Waals surface area (Å²) in [5.41, 5.74) is 6.88. The molecule has 1 aliphatic rings. The third-order valence-corrected chi connectivity index (χ3v) is 5.85. The topological polar surface area (TPSA) is 58.4 Å². The number of rotatable bonds is 7. The summed E-state index contributed by atoms with van der Waals surface area (Å²) in [4.78, 5) is 16.3. The van der Waals surface area contributed by atoms with Crippen molar-refractivity contribution in [3.63, 3.8) is 0 Å². The predicted octanol–water partition coefficient (Wildman–Crippen LogP) is 1.99. The maximum Gasteiger partial charge on any atom is 0.227 e. The zero-order valence-electron chi connectivity index (χ0n) is 13.2. The molecule has 3 N–H and O–H groups in total. The van der Waals surface area contributed by atoms with Gasteiger partial charge in [-0.15, -0.1) is 11.3 Å². The molecule has 5 heteroatoms. The minimum Gasteiger partial charge on any atom is -0.354 e. The molecule has 0 atom stereocenters. The summed E-state index contributed by atoms with van der Waals surface area (Å²) in [6.45, 7) is 8.23. The quantitative estimate of drug-likeness (QED) is 0.810. The lowest BCUT2D eigenvalue weighted by Gasteiger charge is -2.30. The highest BCUT2D eigenvalue weighted by atomic mass is 32.1. The molecule has 0 saturated heterocycles. The van der Waals surface area contributed by atoms with Crippen LogP contribution < -0.4 is 11.1 Å². The predicted molar refractivity (Wildman–Crippen MR) is 88.4 cm³/mol. The maximum atomic E-state index is 12.3. The Bertz CT molecular complexity index is 460. The average Bonchev–Trinajstić information content (AvgIpc) is 2.97. The molecule has 1 aliphatic heterocycles. The van der Waals surface area contributed by atoms with Crippen molar-refractivity contribution in [2.75, 3.05) is 26.2 Å². The van der Waals surface area contributed by atoms with Gasteiger partial charge >= 0.3 is 0 Å². The zero-order valence-corrected chi connectivity index (χ0v) is 14.0. The molecular formula is C16H27N3OS. The third kappa shape index (κ3) is 3.65. The van der Waals surface area contributed by atoms with E-state index in [-0.39, 0.29) is 11.3 Å².